The maximum Gasteiger partial charge on any atom is 0.194 e. The number of thiophene rings is 1. The van der Waals surface area contributed by atoms with Crippen molar-refractivity contribution in [3.63, 3.8) is 0 Å². The summed E-state index contributed by atoms with van der Waals surface area (Å²) in [7, 11) is 1.13. The van der Waals surface area contributed by atoms with Crippen LogP contribution in [0.2, 0.25) is 0 Å². The molecule has 1 aromatic heterocycles. The van der Waals surface area contributed by atoms with Crippen molar-refractivity contribution in [1.82, 2.24) is 10.2 Å². The molecule has 1 N–H and O–H groups in total. The maximum atomic E-state index is 12.2. The van der Waals surface area contributed by atoms with Gasteiger partial charge in [-0.25, -0.2) is 0 Å². The predicted octanol–water partition coefficient (Wildman–Crippen LogP) is 3.86. The number of guanidine groups is 1. The predicted molar refractivity (Wildman–Crippen MR) is 113 cm³/mol. The fraction of sp³-hybridized carbons (Fsp3) is 0.389. The number of hydrogen-bond acceptors (Lipinski definition) is 3. The molecule has 0 bridgehead atoms. The monoisotopic (exact) mass is 441 g/mol. The standard InChI is InChI=1S/C18H24BrN3OS2/c1-3-20-18(22(2)13-16-9-10-17(19)24-16)21-11-12-25(23)14-15-7-5-4-6-8-15/h4-10H,3,11-14H2,1-2H3,(H,20,21). The Morgan fingerprint density at radius 2 is 2.04 bits per heavy atom. The minimum absolute atomic E-state index is 0.556. The normalized spacial score (nSPS) is 12.8. The van der Waals surface area contributed by atoms with Crippen molar-refractivity contribution < 1.29 is 4.21 Å². The van der Waals surface area contributed by atoms with Crippen LogP contribution >= 0.6 is 27.3 Å². The number of hydrogen-bond donors (Lipinski definition) is 1. The minimum Gasteiger partial charge on any atom is -0.357 e. The van der Waals surface area contributed by atoms with Crippen molar-refractivity contribution in [3.05, 3.63) is 56.7 Å². The summed E-state index contributed by atoms with van der Waals surface area (Å²) in [5.41, 5.74) is 1.11. The Bertz CT molecular complexity index is 703. The topological polar surface area (TPSA) is 44.7 Å². The Balaban J connectivity index is 1.86. The van der Waals surface area contributed by atoms with E-state index in [1.54, 1.807) is 11.3 Å². The third kappa shape index (κ3) is 7.30. The van der Waals surface area contributed by atoms with Crippen molar-refractivity contribution in [2.45, 2.75) is 19.2 Å². The lowest BCUT2D eigenvalue weighted by Crippen LogP contribution is -2.38. The Labute approximate surface area is 164 Å². The van der Waals surface area contributed by atoms with Crippen molar-refractivity contribution in [2.24, 2.45) is 4.99 Å². The second kappa shape index (κ2) is 10.7. The van der Waals surface area contributed by atoms with Crippen molar-refractivity contribution in [3.8, 4) is 0 Å². The molecule has 0 fully saturated rings. The van der Waals surface area contributed by atoms with Crippen LogP contribution in [-0.4, -0.2) is 41.0 Å². The number of nitrogens with one attached hydrogen (secondary N) is 1. The van der Waals surface area contributed by atoms with Gasteiger partial charge in [-0.15, -0.1) is 11.3 Å². The van der Waals surface area contributed by atoms with Gasteiger partial charge in [-0.05, 0) is 40.5 Å². The molecule has 0 aliphatic heterocycles. The van der Waals surface area contributed by atoms with Gasteiger partial charge in [-0.3, -0.25) is 9.20 Å². The van der Waals surface area contributed by atoms with Gasteiger partial charge in [0.25, 0.3) is 0 Å². The zero-order valence-corrected chi connectivity index (χ0v) is 17.8. The highest BCUT2D eigenvalue weighted by Crippen LogP contribution is 2.22. The van der Waals surface area contributed by atoms with Crippen LogP contribution in [0, 0.1) is 0 Å². The molecule has 136 valence electrons. The first-order chi connectivity index (χ1) is 12.1. The van der Waals surface area contributed by atoms with E-state index >= 15 is 0 Å². The van der Waals surface area contributed by atoms with E-state index in [0.717, 1.165) is 28.4 Å². The molecular formula is C18H24BrN3OS2. The van der Waals surface area contributed by atoms with Crippen LogP contribution in [0.4, 0.5) is 0 Å². The number of benzene rings is 1. The van der Waals surface area contributed by atoms with Gasteiger partial charge >= 0.3 is 0 Å². The first-order valence-corrected chi connectivity index (χ1v) is 11.3. The van der Waals surface area contributed by atoms with Crippen LogP contribution in [0.5, 0.6) is 0 Å². The lowest BCUT2D eigenvalue weighted by Gasteiger charge is -2.21. The van der Waals surface area contributed by atoms with Gasteiger partial charge in [0.05, 0.1) is 16.9 Å². The molecule has 4 nitrogen and oxygen atoms in total. The molecule has 1 heterocycles. The molecule has 0 aliphatic carbocycles. The zero-order chi connectivity index (χ0) is 18.1. The Kier molecular flexibility index (Phi) is 8.64. The molecule has 1 atom stereocenters. The van der Waals surface area contributed by atoms with Crippen molar-refractivity contribution in [1.29, 1.82) is 0 Å². The lowest BCUT2D eigenvalue weighted by molar-refractivity contribution is 0.482. The molecule has 2 aromatic rings. The zero-order valence-electron chi connectivity index (χ0n) is 14.6. The molecule has 1 unspecified atom stereocenters. The molecule has 0 saturated carbocycles. The third-order valence-electron chi connectivity index (χ3n) is 3.47. The van der Waals surface area contributed by atoms with Gasteiger partial charge in [0.15, 0.2) is 5.96 Å². The molecule has 0 aliphatic rings. The van der Waals surface area contributed by atoms with Crippen LogP contribution < -0.4 is 5.32 Å². The van der Waals surface area contributed by atoms with E-state index in [-0.39, 0.29) is 0 Å². The Morgan fingerprint density at radius 3 is 2.68 bits per heavy atom. The summed E-state index contributed by atoms with van der Waals surface area (Å²) < 4.78 is 13.4. The highest BCUT2D eigenvalue weighted by atomic mass is 79.9. The molecule has 7 heteroatoms. The van der Waals surface area contributed by atoms with Crippen LogP contribution in [0.25, 0.3) is 0 Å². The Morgan fingerprint density at radius 1 is 1.28 bits per heavy atom. The van der Waals surface area contributed by atoms with E-state index in [9.17, 15) is 4.21 Å². The van der Waals surface area contributed by atoms with Crippen LogP contribution in [-0.2, 0) is 23.1 Å². The van der Waals surface area contributed by atoms with Crippen LogP contribution in [0.3, 0.4) is 0 Å². The van der Waals surface area contributed by atoms with E-state index in [1.165, 1.54) is 4.88 Å². The van der Waals surface area contributed by atoms with E-state index in [2.05, 4.69) is 50.2 Å². The third-order valence-corrected chi connectivity index (χ3v) is 6.37. The van der Waals surface area contributed by atoms with E-state index in [1.807, 2.05) is 37.4 Å². The highest BCUT2D eigenvalue weighted by Gasteiger charge is 2.08. The second-order valence-corrected chi connectivity index (χ2v) is 9.70. The fourth-order valence-electron chi connectivity index (χ4n) is 2.30. The molecule has 25 heavy (non-hydrogen) atoms. The lowest BCUT2D eigenvalue weighted by atomic mass is 10.2. The summed E-state index contributed by atoms with van der Waals surface area (Å²) in [5, 5.41) is 3.30. The summed E-state index contributed by atoms with van der Waals surface area (Å²) in [5.74, 6) is 2.01. The van der Waals surface area contributed by atoms with Crippen molar-refractivity contribution >= 4 is 44.0 Å². The van der Waals surface area contributed by atoms with Gasteiger partial charge in [-0.2, -0.15) is 0 Å². The SMILES string of the molecule is CCNC(=NCCS(=O)Cc1ccccc1)N(C)Cc1ccc(Br)s1. The number of nitrogens with zero attached hydrogens (tertiary/aromatic N) is 2. The van der Waals surface area contributed by atoms with Gasteiger partial charge < -0.3 is 10.2 Å². The van der Waals surface area contributed by atoms with Crippen LogP contribution in [0.1, 0.15) is 17.4 Å². The quantitative estimate of drug-likeness (QED) is 0.499. The van der Waals surface area contributed by atoms with E-state index < -0.39 is 10.8 Å². The van der Waals surface area contributed by atoms with Crippen LogP contribution in [0.15, 0.2) is 51.2 Å². The number of aliphatic imine (C=N–C) groups is 1. The average Bonchev–Trinajstić information content (AvgIpc) is 2.99. The molecule has 0 spiro atoms. The summed E-state index contributed by atoms with van der Waals surface area (Å²) in [6.07, 6.45) is 0. The average molecular weight is 442 g/mol. The maximum absolute atomic E-state index is 12.2. The molecular weight excluding hydrogens is 418 g/mol. The summed E-state index contributed by atoms with van der Waals surface area (Å²) in [4.78, 5) is 8.00. The summed E-state index contributed by atoms with van der Waals surface area (Å²) in [6.45, 7) is 4.22. The molecule has 1 aromatic carbocycles. The first kappa shape index (κ1) is 20.1. The van der Waals surface area contributed by atoms with Gasteiger partial charge in [0.2, 0.25) is 0 Å². The molecule has 0 amide bonds. The van der Waals surface area contributed by atoms with E-state index in [4.69, 9.17) is 0 Å². The molecule has 2 rings (SSSR count). The van der Waals surface area contributed by atoms with Gasteiger partial charge in [-0.1, -0.05) is 30.3 Å². The fourth-order valence-corrected chi connectivity index (χ4v) is 4.84. The summed E-state index contributed by atoms with van der Waals surface area (Å²) >= 11 is 5.22. The highest BCUT2D eigenvalue weighted by molar-refractivity contribution is 9.11. The number of halogens is 1. The summed E-state index contributed by atoms with van der Waals surface area (Å²) in [6, 6.07) is 14.1. The largest absolute Gasteiger partial charge is 0.357 e. The Hall–Kier alpha value is -1.18. The smallest absolute Gasteiger partial charge is 0.194 e. The number of rotatable bonds is 8. The van der Waals surface area contributed by atoms with Crippen molar-refractivity contribution in [2.75, 3.05) is 25.9 Å². The molecule has 0 saturated heterocycles. The molecule has 0 radical (unpaired) electrons. The second-order valence-electron chi connectivity index (χ2n) is 5.57. The van der Waals surface area contributed by atoms with E-state index in [0.29, 0.717) is 18.1 Å². The first-order valence-electron chi connectivity index (χ1n) is 8.21. The minimum atomic E-state index is -0.897. The van der Waals surface area contributed by atoms with Gasteiger partial charge in [0.1, 0.15) is 0 Å². The van der Waals surface area contributed by atoms with Gasteiger partial charge in [0, 0.05) is 40.8 Å².